The zero-order valence-electron chi connectivity index (χ0n) is 28.6. The molecule has 5 atom stereocenters. The maximum atomic E-state index is 14.4. The van der Waals surface area contributed by atoms with E-state index < -0.39 is 74.5 Å². The van der Waals surface area contributed by atoms with Gasteiger partial charge in [0, 0.05) is 30.1 Å². The van der Waals surface area contributed by atoms with Crippen LogP contribution < -0.4 is 15.4 Å². The van der Waals surface area contributed by atoms with E-state index in [1.165, 1.54) is 21.9 Å². The molecule has 2 aromatic rings. The highest BCUT2D eigenvalue weighted by atomic mass is 32.2. The Bertz CT molecular complexity index is 1830. The molecule has 3 fully saturated rings. The molecule has 0 bridgehead atoms. The summed E-state index contributed by atoms with van der Waals surface area (Å²) in [6.07, 6.45) is 0.818. The van der Waals surface area contributed by atoms with Crippen molar-refractivity contribution in [3.8, 4) is 0 Å². The number of fused-ring (bicyclic) bond motifs is 1. The number of nitrogens with zero attached hydrogens (tertiary/aromatic N) is 3. The molecule has 4 aliphatic rings. The Kier molecular flexibility index (Phi) is 9.39. The molecule has 2 saturated carbocycles. The molecule has 0 spiro atoms. The molecule has 268 valence electrons. The summed E-state index contributed by atoms with van der Waals surface area (Å²) in [7, 11) is -3.90. The highest BCUT2D eigenvalue weighted by Gasteiger charge is 2.62. The number of likely N-dealkylation sites (tertiary alicyclic amines) is 1. The van der Waals surface area contributed by atoms with Gasteiger partial charge < -0.3 is 20.3 Å². The molecule has 1 aromatic carbocycles. The molecule has 6 rings (SSSR count). The first-order valence-corrected chi connectivity index (χ1v) is 18.4. The van der Waals surface area contributed by atoms with E-state index >= 15 is 0 Å². The summed E-state index contributed by atoms with van der Waals surface area (Å²) in [5.41, 5.74) is 1.21. The van der Waals surface area contributed by atoms with E-state index in [0.717, 1.165) is 11.3 Å². The number of rotatable bonds is 11. The maximum Gasteiger partial charge on any atom is 0.410 e. The fourth-order valence-electron chi connectivity index (χ4n) is 6.89. The van der Waals surface area contributed by atoms with Crippen molar-refractivity contribution in [2.75, 3.05) is 11.9 Å². The Labute approximate surface area is 291 Å². The smallest absolute Gasteiger partial charge is 0.410 e. The fourth-order valence-corrected chi connectivity index (χ4v) is 8.25. The van der Waals surface area contributed by atoms with Crippen LogP contribution in [-0.4, -0.2) is 82.5 Å². The van der Waals surface area contributed by atoms with Crippen LogP contribution in [0.5, 0.6) is 0 Å². The Hall–Kier alpha value is -4.53. The second-order valence-corrected chi connectivity index (χ2v) is 16.2. The van der Waals surface area contributed by atoms with Gasteiger partial charge in [-0.15, -0.1) is 6.58 Å². The van der Waals surface area contributed by atoms with Crippen molar-refractivity contribution in [1.82, 2.24) is 24.8 Å². The lowest BCUT2D eigenvalue weighted by atomic mass is 10.0. The molecule has 0 radical (unpaired) electrons. The Morgan fingerprint density at radius 3 is 2.50 bits per heavy atom. The molecular formula is C35H43FN6O7S. The van der Waals surface area contributed by atoms with Gasteiger partial charge in [-0.3, -0.25) is 24.0 Å². The Morgan fingerprint density at radius 1 is 1.14 bits per heavy atom. The topological polar surface area (TPSA) is 167 Å². The van der Waals surface area contributed by atoms with Gasteiger partial charge in [-0.1, -0.05) is 32.1 Å². The molecular weight excluding hydrogens is 667 g/mol. The molecule has 0 unspecified atom stereocenters. The van der Waals surface area contributed by atoms with E-state index in [1.807, 2.05) is 39.8 Å². The monoisotopic (exact) mass is 710 g/mol. The van der Waals surface area contributed by atoms with E-state index in [4.69, 9.17) is 4.74 Å². The highest BCUT2D eigenvalue weighted by molar-refractivity contribution is 7.91. The van der Waals surface area contributed by atoms with Gasteiger partial charge in [0.1, 0.15) is 35.4 Å². The van der Waals surface area contributed by atoms with Crippen LogP contribution >= 0.6 is 0 Å². The molecule has 3 heterocycles. The van der Waals surface area contributed by atoms with Crippen LogP contribution in [0.25, 0.3) is 0 Å². The number of aryl methyl sites for hydroxylation is 2. The van der Waals surface area contributed by atoms with Crippen molar-refractivity contribution in [3.05, 3.63) is 71.2 Å². The van der Waals surface area contributed by atoms with E-state index in [0.29, 0.717) is 29.8 Å². The number of amides is 4. The summed E-state index contributed by atoms with van der Waals surface area (Å²) >= 11 is 0. The molecule has 2 aliphatic carbocycles. The molecule has 3 N–H and O–H groups in total. The van der Waals surface area contributed by atoms with Gasteiger partial charge in [0.2, 0.25) is 21.8 Å². The Morgan fingerprint density at radius 2 is 1.88 bits per heavy atom. The van der Waals surface area contributed by atoms with E-state index in [-0.39, 0.29) is 38.4 Å². The number of hydrogen-bond donors (Lipinski definition) is 3. The third-order valence-electron chi connectivity index (χ3n) is 9.88. The number of carbonyl (C=O) groups excluding carboxylic acids is 4. The average molecular weight is 711 g/mol. The molecule has 1 aromatic heterocycles. The average Bonchev–Trinajstić information content (AvgIpc) is 3.93. The van der Waals surface area contributed by atoms with Crippen molar-refractivity contribution in [2.24, 2.45) is 11.8 Å². The van der Waals surface area contributed by atoms with Gasteiger partial charge in [-0.25, -0.2) is 22.6 Å². The lowest BCUT2D eigenvalue weighted by Crippen LogP contribution is -2.58. The summed E-state index contributed by atoms with van der Waals surface area (Å²) in [5, 5.41) is 5.32. The second-order valence-electron chi connectivity index (χ2n) is 14.2. The van der Waals surface area contributed by atoms with Gasteiger partial charge in [0.05, 0.1) is 18.3 Å². The summed E-state index contributed by atoms with van der Waals surface area (Å²) in [4.78, 5) is 62.4. The summed E-state index contributed by atoms with van der Waals surface area (Å²) in [5.74, 6) is -2.71. The van der Waals surface area contributed by atoms with Gasteiger partial charge in [-0.2, -0.15) is 0 Å². The molecule has 50 heavy (non-hydrogen) atoms. The minimum absolute atomic E-state index is 0.0205. The van der Waals surface area contributed by atoms with Gasteiger partial charge >= 0.3 is 6.09 Å². The lowest BCUT2D eigenvalue weighted by molar-refractivity contribution is -0.140. The number of aromatic nitrogens is 1. The van der Waals surface area contributed by atoms with E-state index in [2.05, 4.69) is 26.9 Å². The Balaban J connectivity index is 1.23. The largest absolute Gasteiger partial charge is 0.444 e. The molecule has 4 amide bonds. The zero-order valence-corrected chi connectivity index (χ0v) is 29.4. The van der Waals surface area contributed by atoms with E-state index in [1.54, 1.807) is 12.1 Å². The lowest BCUT2D eigenvalue weighted by Gasteiger charge is -2.31. The number of hydrogen-bond acceptors (Lipinski definition) is 9. The number of sulfonamides is 1. The number of anilines is 1. The van der Waals surface area contributed by atoms with Crippen molar-refractivity contribution in [3.63, 3.8) is 0 Å². The molecule has 15 heteroatoms. The first-order chi connectivity index (χ1) is 23.6. The SMILES string of the molecule is C=C[C@@H]1C[C@]1(NC(=O)[C@@H]1C[C@@H](OC(=O)N2Cc3cccc(F)c3C2)CN1C(=O)[C@H](Nc1cc(C)cc(C)n1)C(C)C)C(=O)NS(=O)(=O)C1CC1. The second kappa shape index (κ2) is 13.3. The van der Waals surface area contributed by atoms with Crippen LogP contribution in [0.15, 0.2) is 43.0 Å². The van der Waals surface area contributed by atoms with Crippen LogP contribution in [0.2, 0.25) is 0 Å². The van der Waals surface area contributed by atoms with Gasteiger partial charge in [0.25, 0.3) is 5.91 Å². The van der Waals surface area contributed by atoms with Crippen molar-refractivity contribution >= 4 is 39.7 Å². The van der Waals surface area contributed by atoms with Crippen LogP contribution in [0.4, 0.5) is 15.0 Å². The standard InChI is InChI=1S/C35H43FN6O7S/c1-6-23-15-35(23,33(45)40-50(47,48)25-10-11-25)39-31(43)28-14-24(49-34(46)41-16-22-8-7-9-27(36)26(22)18-41)17-42(28)32(44)30(19(2)3)38-29-13-20(4)12-21(5)37-29/h6-9,12-13,19,23-25,28,30H,1,10-11,14-18H2,2-5H3,(H,37,38)(H,39,43)(H,40,45)/t23-,24-,28+,30-,35-/m1/s1. The minimum Gasteiger partial charge on any atom is -0.444 e. The summed E-state index contributed by atoms with van der Waals surface area (Å²) in [6, 6.07) is 6.36. The number of pyridine rings is 1. The first-order valence-electron chi connectivity index (χ1n) is 16.9. The normalized spacial score (nSPS) is 24.7. The van der Waals surface area contributed by atoms with Crippen LogP contribution in [0.1, 0.15) is 61.9 Å². The van der Waals surface area contributed by atoms with E-state index in [9.17, 15) is 32.0 Å². The summed E-state index contributed by atoms with van der Waals surface area (Å²) in [6.45, 7) is 11.2. The summed E-state index contributed by atoms with van der Waals surface area (Å²) < 4.78 is 47.6. The number of nitrogens with one attached hydrogen (secondary N) is 3. The fraction of sp³-hybridized carbons (Fsp3) is 0.514. The number of benzene rings is 1. The van der Waals surface area contributed by atoms with Crippen LogP contribution in [0.3, 0.4) is 0 Å². The number of halogens is 1. The molecule has 13 nitrogen and oxygen atoms in total. The third kappa shape index (κ3) is 7.05. The minimum atomic E-state index is -3.90. The van der Waals surface area contributed by atoms with Crippen molar-refractivity contribution in [1.29, 1.82) is 0 Å². The van der Waals surface area contributed by atoms with Crippen molar-refractivity contribution in [2.45, 2.75) is 95.4 Å². The number of ether oxygens (including phenoxy) is 1. The quantitative estimate of drug-likeness (QED) is 0.297. The number of carbonyl (C=O) groups is 4. The van der Waals surface area contributed by atoms with Crippen molar-refractivity contribution < 1.29 is 36.7 Å². The first kappa shape index (κ1) is 35.3. The van der Waals surface area contributed by atoms with Gasteiger partial charge in [0.15, 0.2) is 0 Å². The third-order valence-corrected chi connectivity index (χ3v) is 11.7. The predicted octanol–water partition coefficient (Wildman–Crippen LogP) is 3.07. The van der Waals surface area contributed by atoms with Gasteiger partial charge in [-0.05, 0) is 68.4 Å². The zero-order chi connectivity index (χ0) is 36.1. The predicted molar refractivity (Wildman–Crippen MR) is 181 cm³/mol. The molecule has 2 aliphatic heterocycles. The maximum absolute atomic E-state index is 14.4. The van der Waals surface area contributed by atoms with Crippen LogP contribution in [0, 0.1) is 31.5 Å². The molecule has 1 saturated heterocycles. The van der Waals surface area contributed by atoms with Crippen LogP contribution in [-0.2, 0) is 42.2 Å². The highest BCUT2D eigenvalue weighted by Crippen LogP contribution is 2.45.